The number of nitrogens with two attached hydrogens (primary N) is 1. The van der Waals surface area contributed by atoms with Crippen molar-refractivity contribution in [3.05, 3.63) is 70.2 Å². The maximum atomic E-state index is 13.6. The van der Waals surface area contributed by atoms with Gasteiger partial charge in [-0.3, -0.25) is 15.0 Å². The third-order valence-corrected chi connectivity index (χ3v) is 8.32. The van der Waals surface area contributed by atoms with E-state index >= 15 is 0 Å². The second-order valence-corrected chi connectivity index (χ2v) is 11.6. The van der Waals surface area contributed by atoms with E-state index < -0.39 is 39.1 Å². The van der Waals surface area contributed by atoms with Crippen LogP contribution in [0.2, 0.25) is 0 Å². The number of carboxylic acid groups (broad SMARTS) is 1. The molecule has 0 unspecified atom stereocenters. The lowest BCUT2D eigenvalue weighted by molar-refractivity contribution is -0.136. The van der Waals surface area contributed by atoms with E-state index in [9.17, 15) is 23.1 Å². The number of phenols is 1. The molecule has 3 aromatic rings. The molecule has 0 aliphatic carbocycles. The monoisotopic (exact) mass is 559 g/mol. The largest absolute Gasteiger partial charge is 0.507 e. The first-order valence-electron chi connectivity index (χ1n) is 11.6. The van der Waals surface area contributed by atoms with E-state index in [0.29, 0.717) is 5.92 Å². The van der Waals surface area contributed by atoms with Crippen molar-refractivity contribution >= 4 is 44.2 Å². The van der Waals surface area contributed by atoms with Crippen molar-refractivity contribution in [3.8, 4) is 5.75 Å². The number of nitrogen functional groups attached to an aromatic ring is 1. The summed E-state index contributed by atoms with van der Waals surface area (Å²) < 4.78 is 28.1. The van der Waals surface area contributed by atoms with Crippen LogP contribution in [-0.2, 0) is 32.5 Å². The normalized spacial score (nSPS) is 11.6. The number of aromatic hydroxyl groups is 1. The lowest BCUT2D eigenvalue weighted by Gasteiger charge is -2.22. The quantitative estimate of drug-likeness (QED) is 0.165. The number of carbonyl (C=O) groups is 2. The molecule has 3 rings (SSSR count). The topological polar surface area (TPSA) is 187 Å². The van der Waals surface area contributed by atoms with Crippen molar-refractivity contribution in [1.29, 1.82) is 5.41 Å². The number of anilines is 1. The molecule has 0 spiro atoms. The van der Waals surface area contributed by atoms with Crippen LogP contribution in [0.4, 0.5) is 5.13 Å². The van der Waals surface area contributed by atoms with Crippen molar-refractivity contribution < 1.29 is 28.2 Å². The van der Waals surface area contributed by atoms with Crippen LogP contribution in [0.15, 0.2) is 52.7 Å². The van der Waals surface area contributed by atoms with E-state index in [1.165, 1.54) is 11.4 Å². The number of nitrogens with one attached hydrogen (secondary N) is 2. The fourth-order valence-corrected chi connectivity index (χ4v) is 5.79. The highest BCUT2D eigenvalue weighted by Crippen LogP contribution is 2.27. The van der Waals surface area contributed by atoms with Crippen molar-refractivity contribution in [2.24, 2.45) is 5.73 Å². The second kappa shape index (κ2) is 12.2. The Morgan fingerprint density at radius 1 is 1.18 bits per heavy atom. The molecular weight excluding hydrogens is 530 g/mol. The molecule has 0 atom stereocenters. The van der Waals surface area contributed by atoms with Gasteiger partial charge < -0.3 is 21.3 Å². The molecule has 1 aromatic heterocycles. The van der Waals surface area contributed by atoms with Gasteiger partial charge in [-0.25, -0.2) is 13.4 Å². The van der Waals surface area contributed by atoms with Gasteiger partial charge in [0.05, 0.1) is 18.7 Å². The molecule has 0 aliphatic heterocycles. The summed E-state index contributed by atoms with van der Waals surface area (Å²) in [5.74, 6) is -2.35. The van der Waals surface area contributed by atoms with E-state index in [-0.39, 0.29) is 41.6 Å². The number of amidine groups is 1. The van der Waals surface area contributed by atoms with Crippen molar-refractivity contribution in [2.75, 3.05) is 18.4 Å². The van der Waals surface area contributed by atoms with Gasteiger partial charge in [-0.2, -0.15) is 4.31 Å². The number of nitrogens with zero attached hydrogens (tertiary/aromatic N) is 2. The highest BCUT2D eigenvalue weighted by molar-refractivity contribution is 7.89. The summed E-state index contributed by atoms with van der Waals surface area (Å²) in [4.78, 5) is 27.3. The van der Waals surface area contributed by atoms with Gasteiger partial charge in [-0.15, -0.1) is 11.3 Å². The molecule has 11 nitrogen and oxygen atoms in total. The van der Waals surface area contributed by atoms with Crippen LogP contribution in [0.25, 0.3) is 0 Å². The Bertz CT molecular complexity index is 1430. The SMILES string of the molecule is CC(C)c1ccc(CCN(CC(=O)Nc2nc(CC(=O)O)cs2)S(=O)(=O)c2cc(C(=N)N)ccc2O)cc1. The number of hydrogen-bond acceptors (Lipinski definition) is 8. The van der Waals surface area contributed by atoms with Crippen LogP contribution < -0.4 is 11.1 Å². The van der Waals surface area contributed by atoms with E-state index in [0.717, 1.165) is 38.9 Å². The van der Waals surface area contributed by atoms with Crippen molar-refractivity contribution in [3.63, 3.8) is 0 Å². The van der Waals surface area contributed by atoms with Gasteiger partial charge in [-0.1, -0.05) is 38.1 Å². The molecule has 2 aromatic carbocycles. The average Bonchev–Trinajstić information content (AvgIpc) is 3.27. The summed E-state index contributed by atoms with van der Waals surface area (Å²) >= 11 is 1.02. The molecule has 0 aliphatic rings. The van der Waals surface area contributed by atoms with Gasteiger partial charge in [0, 0.05) is 17.5 Å². The first-order chi connectivity index (χ1) is 17.9. The Kier molecular flexibility index (Phi) is 9.20. The van der Waals surface area contributed by atoms with Gasteiger partial charge in [0.25, 0.3) is 0 Å². The lowest BCUT2D eigenvalue weighted by atomic mass is 10.0. The van der Waals surface area contributed by atoms with Gasteiger partial charge in [0.15, 0.2) is 5.13 Å². The number of amides is 1. The van der Waals surface area contributed by atoms with E-state index in [2.05, 4.69) is 24.1 Å². The number of hydrogen-bond donors (Lipinski definition) is 5. The van der Waals surface area contributed by atoms with Crippen LogP contribution in [0.3, 0.4) is 0 Å². The summed E-state index contributed by atoms with van der Waals surface area (Å²) in [5.41, 5.74) is 7.86. The smallest absolute Gasteiger partial charge is 0.309 e. The first-order valence-corrected chi connectivity index (χ1v) is 13.9. The molecular formula is C25H29N5O6S2. The number of phenolic OH excluding ortho intramolecular Hbond substituents is 1. The fraction of sp³-hybridized carbons (Fsp3) is 0.280. The van der Waals surface area contributed by atoms with Gasteiger partial charge >= 0.3 is 5.97 Å². The number of aliphatic carboxylic acids is 1. The summed E-state index contributed by atoms with van der Waals surface area (Å²) in [6.45, 7) is 3.46. The molecule has 0 saturated carbocycles. The molecule has 6 N–H and O–H groups in total. The minimum atomic E-state index is -4.40. The molecule has 1 amide bonds. The zero-order valence-electron chi connectivity index (χ0n) is 20.8. The number of carboxylic acids is 1. The maximum Gasteiger partial charge on any atom is 0.309 e. The molecule has 38 heavy (non-hydrogen) atoms. The lowest BCUT2D eigenvalue weighted by Crippen LogP contribution is -2.39. The van der Waals surface area contributed by atoms with Crippen LogP contribution in [0.1, 0.15) is 42.1 Å². The summed E-state index contributed by atoms with van der Waals surface area (Å²) in [5, 5.41) is 31.0. The third-order valence-electron chi connectivity index (χ3n) is 5.64. The Morgan fingerprint density at radius 2 is 1.87 bits per heavy atom. The van der Waals surface area contributed by atoms with Crippen molar-refractivity contribution in [1.82, 2.24) is 9.29 Å². The highest BCUT2D eigenvalue weighted by atomic mass is 32.2. The van der Waals surface area contributed by atoms with Crippen molar-refractivity contribution in [2.45, 2.75) is 37.5 Å². The Balaban J connectivity index is 1.87. The third kappa shape index (κ3) is 7.37. The zero-order chi connectivity index (χ0) is 28.0. The fourth-order valence-electron chi connectivity index (χ4n) is 3.55. The molecule has 1 heterocycles. The number of sulfonamides is 1. The molecule has 0 bridgehead atoms. The molecule has 13 heteroatoms. The number of benzene rings is 2. The van der Waals surface area contributed by atoms with Crippen LogP contribution in [-0.4, -0.2) is 58.7 Å². The predicted molar refractivity (Wildman–Crippen MR) is 144 cm³/mol. The van der Waals surface area contributed by atoms with Crippen LogP contribution in [0.5, 0.6) is 5.75 Å². The van der Waals surface area contributed by atoms with E-state index in [4.69, 9.17) is 16.2 Å². The van der Waals surface area contributed by atoms with Gasteiger partial charge in [0.2, 0.25) is 15.9 Å². The van der Waals surface area contributed by atoms with E-state index in [1.54, 1.807) is 0 Å². The van der Waals surface area contributed by atoms with Crippen LogP contribution in [0, 0.1) is 5.41 Å². The van der Waals surface area contributed by atoms with Gasteiger partial charge in [0.1, 0.15) is 16.5 Å². The predicted octanol–water partition coefficient (Wildman–Crippen LogP) is 2.76. The Labute approximate surface area is 224 Å². The average molecular weight is 560 g/mol. The molecule has 202 valence electrons. The molecule has 0 radical (unpaired) electrons. The Hall–Kier alpha value is -3.81. The zero-order valence-corrected chi connectivity index (χ0v) is 22.5. The molecule has 0 saturated heterocycles. The minimum absolute atomic E-state index is 0.0807. The maximum absolute atomic E-state index is 13.6. The number of thiazole rings is 1. The number of rotatable bonds is 12. The van der Waals surface area contributed by atoms with Crippen LogP contribution >= 0.6 is 11.3 Å². The first kappa shape index (κ1) is 28.8. The summed E-state index contributed by atoms with van der Waals surface area (Å²) in [6.07, 6.45) is -0.0215. The summed E-state index contributed by atoms with van der Waals surface area (Å²) in [6, 6.07) is 11.3. The van der Waals surface area contributed by atoms with Gasteiger partial charge in [-0.05, 0) is 41.7 Å². The number of carbonyl (C=O) groups excluding carboxylic acids is 1. The standard InChI is InChI=1S/C25H29N5O6S2/c1-15(2)17-5-3-16(4-6-17)9-10-30(13-22(32)29-25-28-19(14-37-25)12-23(33)34)38(35,36)21-11-18(24(26)27)7-8-20(21)31/h3-8,11,14-15,31H,9-10,12-13H2,1-2H3,(H3,26,27)(H,33,34)(H,28,29,32). The Morgan fingerprint density at radius 3 is 2.47 bits per heavy atom. The second-order valence-electron chi connectivity index (χ2n) is 8.84. The summed E-state index contributed by atoms with van der Waals surface area (Å²) in [7, 11) is -4.40. The number of aromatic nitrogens is 1. The highest BCUT2D eigenvalue weighted by Gasteiger charge is 2.30. The van der Waals surface area contributed by atoms with E-state index in [1.807, 2.05) is 24.3 Å². The molecule has 0 fully saturated rings. The minimum Gasteiger partial charge on any atom is -0.507 e.